The van der Waals surface area contributed by atoms with Crippen LogP contribution in [0.5, 0.6) is 0 Å². The van der Waals surface area contributed by atoms with E-state index in [-0.39, 0.29) is 11.0 Å². The minimum atomic E-state index is -1.17. The van der Waals surface area contributed by atoms with Gasteiger partial charge in [-0.1, -0.05) is 11.6 Å². The van der Waals surface area contributed by atoms with Crippen LogP contribution in [-0.4, -0.2) is 40.3 Å². The summed E-state index contributed by atoms with van der Waals surface area (Å²) in [6, 6.07) is 4.92. The van der Waals surface area contributed by atoms with Crippen LogP contribution in [0.15, 0.2) is 30.3 Å². The summed E-state index contributed by atoms with van der Waals surface area (Å²) < 4.78 is 19.5. The number of carbonyl (C=O) groups excluding carboxylic acids is 3. The number of hydrogen-bond acceptors (Lipinski definition) is 5. The zero-order chi connectivity index (χ0) is 21.6. The molecule has 0 fully saturated rings. The third-order valence-electron chi connectivity index (χ3n) is 3.74. The van der Waals surface area contributed by atoms with Crippen molar-refractivity contribution in [3.63, 3.8) is 0 Å². The number of aryl methyl sites for hydroxylation is 1. The van der Waals surface area contributed by atoms with Crippen molar-refractivity contribution in [3.8, 4) is 5.69 Å². The summed E-state index contributed by atoms with van der Waals surface area (Å²) in [5.41, 5.74) is 1.55. The third kappa shape index (κ3) is 5.89. The van der Waals surface area contributed by atoms with Gasteiger partial charge in [0.1, 0.15) is 11.0 Å². The minimum absolute atomic E-state index is 0.222. The van der Waals surface area contributed by atoms with Gasteiger partial charge < -0.3 is 10.1 Å². The second kappa shape index (κ2) is 9.83. The largest absolute Gasteiger partial charge is 0.449 e. The summed E-state index contributed by atoms with van der Waals surface area (Å²) >= 11 is 6.33. The molecule has 1 heterocycles. The Morgan fingerprint density at radius 1 is 1.31 bits per heavy atom. The number of aromatic nitrogens is 2. The molecule has 0 aliphatic carbocycles. The van der Waals surface area contributed by atoms with E-state index in [1.165, 1.54) is 41.9 Å². The van der Waals surface area contributed by atoms with Crippen LogP contribution < -0.4 is 10.6 Å². The quantitative estimate of drug-likeness (QED) is 0.550. The number of esters is 1. The molecule has 3 amide bonds. The number of amides is 3. The maximum Gasteiger partial charge on any atom is 0.331 e. The summed E-state index contributed by atoms with van der Waals surface area (Å²) in [7, 11) is 0. The molecule has 0 radical (unpaired) electrons. The highest BCUT2D eigenvalue weighted by atomic mass is 35.5. The van der Waals surface area contributed by atoms with E-state index >= 15 is 0 Å². The molecular weight excluding hydrogens is 403 g/mol. The van der Waals surface area contributed by atoms with Crippen LogP contribution in [0.4, 0.5) is 9.18 Å². The van der Waals surface area contributed by atoms with Gasteiger partial charge in [-0.3, -0.25) is 10.1 Å². The molecule has 2 N–H and O–H groups in total. The predicted octanol–water partition coefficient (Wildman–Crippen LogP) is 2.76. The lowest BCUT2D eigenvalue weighted by atomic mass is 10.2. The maximum atomic E-state index is 13.1. The Bertz CT molecular complexity index is 940. The summed E-state index contributed by atoms with van der Waals surface area (Å²) in [6.07, 6.45) is 1.33. The lowest BCUT2D eigenvalue weighted by Gasteiger charge is -2.11. The standard InChI is InChI=1S/C19H20ClFN4O4/c1-4-22-19(28)23-18(27)12(3)29-16(26)10-9-15-11(2)24-25(17(15)20)14-7-5-13(21)6-8-14/h5-10,12H,4H2,1-3H3,(H2,22,23,27,28)/b10-9+/t12-/m1/s1. The Kier molecular flexibility index (Phi) is 7.49. The highest BCUT2D eigenvalue weighted by Gasteiger charge is 2.19. The van der Waals surface area contributed by atoms with Crippen molar-refractivity contribution < 1.29 is 23.5 Å². The Morgan fingerprint density at radius 3 is 2.59 bits per heavy atom. The van der Waals surface area contributed by atoms with E-state index in [1.807, 2.05) is 0 Å². The van der Waals surface area contributed by atoms with Crippen molar-refractivity contribution in [2.45, 2.75) is 26.9 Å². The Morgan fingerprint density at radius 2 is 1.97 bits per heavy atom. The molecule has 0 saturated heterocycles. The van der Waals surface area contributed by atoms with Crippen LogP contribution >= 0.6 is 11.6 Å². The van der Waals surface area contributed by atoms with Gasteiger partial charge >= 0.3 is 12.0 Å². The van der Waals surface area contributed by atoms with E-state index in [0.717, 1.165) is 6.08 Å². The van der Waals surface area contributed by atoms with E-state index in [4.69, 9.17) is 16.3 Å². The third-order valence-corrected chi connectivity index (χ3v) is 4.11. The molecule has 1 atom stereocenters. The topological polar surface area (TPSA) is 102 Å². The van der Waals surface area contributed by atoms with Crippen LogP contribution in [0.2, 0.25) is 5.15 Å². The van der Waals surface area contributed by atoms with Gasteiger partial charge in [-0.05, 0) is 51.1 Å². The molecule has 0 aliphatic heterocycles. The van der Waals surface area contributed by atoms with E-state index in [1.54, 1.807) is 13.8 Å². The molecule has 10 heteroatoms. The van der Waals surface area contributed by atoms with Gasteiger partial charge in [-0.2, -0.15) is 5.10 Å². The molecule has 1 aromatic carbocycles. The lowest BCUT2D eigenvalue weighted by molar-refractivity contribution is -0.149. The summed E-state index contributed by atoms with van der Waals surface area (Å²) in [5.74, 6) is -1.94. The molecule has 0 bridgehead atoms. The summed E-state index contributed by atoms with van der Waals surface area (Å²) in [5, 5.41) is 8.94. The van der Waals surface area contributed by atoms with E-state index in [2.05, 4.69) is 15.7 Å². The molecule has 154 valence electrons. The van der Waals surface area contributed by atoms with Crippen molar-refractivity contribution >= 4 is 35.6 Å². The molecule has 2 aromatic rings. The van der Waals surface area contributed by atoms with Crippen LogP contribution in [0, 0.1) is 12.7 Å². The van der Waals surface area contributed by atoms with Crippen LogP contribution in [0.3, 0.4) is 0 Å². The van der Waals surface area contributed by atoms with E-state index in [9.17, 15) is 18.8 Å². The maximum absolute atomic E-state index is 13.1. The number of benzene rings is 1. The van der Waals surface area contributed by atoms with Gasteiger partial charge in [0.15, 0.2) is 6.10 Å². The van der Waals surface area contributed by atoms with E-state index < -0.39 is 24.0 Å². The van der Waals surface area contributed by atoms with Crippen molar-refractivity contribution in [1.82, 2.24) is 20.4 Å². The Labute approximate surface area is 171 Å². The monoisotopic (exact) mass is 422 g/mol. The second-order valence-corrected chi connectivity index (χ2v) is 6.30. The highest BCUT2D eigenvalue weighted by molar-refractivity contribution is 6.31. The van der Waals surface area contributed by atoms with Gasteiger partial charge in [0, 0.05) is 18.2 Å². The zero-order valence-electron chi connectivity index (χ0n) is 16.0. The van der Waals surface area contributed by atoms with Crippen LogP contribution in [0.1, 0.15) is 25.1 Å². The SMILES string of the molecule is CCNC(=O)NC(=O)[C@@H](C)OC(=O)/C=C/c1c(C)nn(-c2ccc(F)cc2)c1Cl. The first kappa shape index (κ1) is 22.1. The fourth-order valence-electron chi connectivity index (χ4n) is 2.29. The van der Waals surface area contributed by atoms with E-state index in [0.29, 0.717) is 23.5 Å². The molecule has 1 aromatic heterocycles. The number of hydrogen-bond donors (Lipinski definition) is 2. The number of nitrogens with one attached hydrogen (secondary N) is 2. The first-order valence-corrected chi connectivity index (χ1v) is 9.09. The molecule has 29 heavy (non-hydrogen) atoms. The highest BCUT2D eigenvalue weighted by Crippen LogP contribution is 2.24. The van der Waals surface area contributed by atoms with Crippen LogP contribution in [0.25, 0.3) is 11.8 Å². The van der Waals surface area contributed by atoms with Crippen molar-refractivity contribution in [3.05, 3.63) is 52.6 Å². The average molecular weight is 423 g/mol. The molecular formula is C19H20ClFN4O4. The summed E-state index contributed by atoms with van der Waals surface area (Å²) in [6.45, 7) is 5.08. The number of carbonyl (C=O) groups is 3. The first-order chi connectivity index (χ1) is 13.7. The van der Waals surface area contributed by atoms with Crippen molar-refractivity contribution in [2.24, 2.45) is 0 Å². The predicted molar refractivity (Wildman–Crippen MR) is 105 cm³/mol. The number of rotatable bonds is 6. The number of urea groups is 1. The molecule has 8 nitrogen and oxygen atoms in total. The normalized spacial score (nSPS) is 11.9. The van der Waals surface area contributed by atoms with Crippen LogP contribution in [-0.2, 0) is 14.3 Å². The number of imide groups is 1. The first-order valence-electron chi connectivity index (χ1n) is 8.71. The van der Waals surface area contributed by atoms with Gasteiger partial charge in [0.25, 0.3) is 5.91 Å². The number of ether oxygens (including phenoxy) is 1. The van der Waals surface area contributed by atoms with Gasteiger partial charge in [-0.15, -0.1) is 0 Å². The Hall–Kier alpha value is -3.20. The molecule has 2 rings (SSSR count). The summed E-state index contributed by atoms with van der Waals surface area (Å²) in [4.78, 5) is 35.1. The molecule has 0 saturated carbocycles. The molecule has 0 aliphatic rings. The number of nitrogens with zero attached hydrogens (tertiary/aromatic N) is 2. The lowest BCUT2D eigenvalue weighted by Crippen LogP contribution is -2.44. The van der Waals surface area contributed by atoms with Crippen molar-refractivity contribution in [1.29, 1.82) is 0 Å². The van der Waals surface area contributed by atoms with Gasteiger partial charge in [0.05, 0.1) is 11.4 Å². The zero-order valence-corrected chi connectivity index (χ0v) is 16.8. The molecule has 0 unspecified atom stereocenters. The fourth-order valence-corrected chi connectivity index (χ4v) is 2.63. The van der Waals surface area contributed by atoms with Crippen molar-refractivity contribution in [2.75, 3.05) is 6.54 Å². The van der Waals surface area contributed by atoms with Gasteiger partial charge in [-0.25, -0.2) is 18.7 Å². The molecule has 0 spiro atoms. The second-order valence-electron chi connectivity index (χ2n) is 5.94. The average Bonchev–Trinajstić information content (AvgIpc) is 2.94. The minimum Gasteiger partial charge on any atom is -0.449 e. The Balaban J connectivity index is 2.05. The number of halogens is 2. The van der Waals surface area contributed by atoms with Gasteiger partial charge in [0.2, 0.25) is 0 Å². The smallest absolute Gasteiger partial charge is 0.331 e. The fraction of sp³-hybridized carbons (Fsp3) is 0.263.